The van der Waals surface area contributed by atoms with E-state index in [1.807, 2.05) is 26.0 Å². The van der Waals surface area contributed by atoms with Crippen LogP contribution in [0.15, 0.2) is 53.4 Å². The number of nitrogens with one attached hydrogen (secondary N) is 1. The molecule has 7 nitrogen and oxygen atoms in total. The fourth-order valence-electron chi connectivity index (χ4n) is 4.46. The number of Topliss-reactive ketones (excluding diaryl/α,β-unsaturated/α-hetero) is 1. The van der Waals surface area contributed by atoms with Crippen LogP contribution < -0.4 is 10.1 Å². The number of rotatable bonds is 12. The highest BCUT2D eigenvalue weighted by atomic mass is 32.2. The van der Waals surface area contributed by atoms with Gasteiger partial charge in [0.15, 0.2) is 5.78 Å². The lowest BCUT2D eigenvalue weighted by molar-refractivity contribution is 0.0983. The number of hydrogen-bond donors (Lipinski definition) is 1. The number of ether oxygens (including phenoxy) is 1. The smallest absolute Gasteiger partial charge is 0.243 e. The number of piperidine rings is 1. The van der Waals surface area contributed by atoms with Gasteiger partial charge in [0.25, 0.3) is 0 Å². The molecule has 3 rings (SSSR count). The molecule has 0 radical (unpaired) electrons. The van der Waals surface area contributed by atoms with Crippen LogP contribution in [0.4, 0.5) is 0 Å². The number of hydrogen-bond acceptors (Lipinski definition) is 6. The lowest BCUT2D eigenvalue weighted by Crippen LogP contribution is -2.40. The Morgan fingerprint density at radius 2 is 1.62 bits per heavy atom. The number of likely N-dealkylation sites (tertiary alicyclic amines) is 1. The molecule has 186 valence electrons. The van der Waals surface area contributed by atoms with E-state index < -0.39 is 10.0 Å². The Kier molecular flexibility index (Phi) is 9.64. The summed E-state index contributed by atoms with van der Waals surface area (Å²) < 4.78 is 32.0. The predicted molar refractivity (Wildman–Crippen MR) is 135 cm³/mol. The Balaban J connectivity index is 1.63. The summed E-state index contributed by atoms with van der Waals surface area (Å²) in [6, 6.07) is 14.6. The summed E-state index contributed by atoms with van der Waals surface area (Å²) in [6.45, 7) is 7.41. The van der Waals surface area contributed by atoms with Gasteiger partial charge in [-0.25, -0.2) is 8.42 Å². The van der Waals surface area contributed by atoms with E-state index in [9.17, 15) is 13.2 Å². The highest BCUT2D eigenvalue weighted by Crippen LogP contribution is 2.26. The second-order valence-electron chi connectivity index (χ2n) is 8.55. The van der Waals surface area contributed by atoms with Crippen molar-refractivity contribution in [2.45, 2.75) is 44.0 Å². The molecule has 2 aromatic rings. The van der Waals surface area contributed by atoms with Crippen LogP contribution in [0.2, 0.25) is 0 Å². The molecule has 0 saturated carbocycles. The molecule has 0 aliphatic carbocycles. The van der Waals surface area contributed by atoms with Crippen molar-refractivity contribution in [1.29, 1.82) is 0 Å². The number of methoxy groups -OCH3 is 1. The summed E-state index contributed by atoms with van der Waals surface area (Å²) >= 11 is 0. The summed E-state index contributed by atoms with van der Waals surface area (Å²) in [5.41, 5.74) is 1.71. The standard InChI is InChI=1S/C26H37N3O4S/c1-4-29(5-2)34(31,32)24-15-11-22(12-16-24)26(30)20-27-19-25(28-17-7-6-8-18-28)21-9-13-23(33-3)14-10-21/h9-16,25,27H,4-8,17-20H2,1-3H3. The molecule has 0 aromatic heterocycles. The quantitative estimate of drug-likeness (QED) is 0.460. The summed E-state index contributed by atoms with van der Waals surface area (Å²) in [5.74, 6) is 0.773. The van der Waals surface area contributed by atoms with Crippen molar-refractivity contribution < 1.29 is 17.9 Å². The van der Waals surface area contributed by atoms with Gasteiger partial charge in [-0.15, -0.1) is 0 Å². The lowest BCUT2D eigenvalue weighted by atomic mass is 10.0. The topological polar surface area (TPSA) is 79.0 Å². The van der Waals surface area contributed by atoms with Crippen molar-refractivity contribution in [1.82, 2.24) is 14.5 Å². The molecule has 1 unspecified atom stereocenters. The molecule has 1 N–H and O–H groups in total. The van der Waals surface area contributed by atoms with E-state index in [0.717, 1.165) is 18.8 Å². The van der Waals surface area contributed by atoms with Gasteiger partial charge in [-0.3, -0.25) is 9.69 Å². The van der Waals surface area contributed by atoms with E-state index in [0.29, 0.717) is 25.2 Å². The highest BCUT2D eigenvalue weighted by molar-refractivity contribution is 7.89. The number of benzene rings is 2. The third-order valence-corrected chi connectivity index (χ3v) is 8.54. The maximum absolute atomic E-state index is 12.8. The van der Waals surface area contributed by atoms with Crippen molar-refractivity contribution >= 4 is 15.8 Å². The van der Waals surface area contributed by atoms with Gasteiger partial charge in [-0.2, -0.15) is 4.31 Å². The SMILES string of the molecule is CCN(CC)S(=O)(=O)c1ccc(C(=O)CNCC(c2ccc(OC)cc2)N2CCCCC2)cc1. The summed E-state index contributed by atoms with van der Waals surface area (Å²) in [4.78, 5) is 15.5. The molecule has 1 saturated heterocycles. The van der Waals surface area contributed by atoms with Crippen molar-refractivity contribution in [3.63, 3.8) is 0 Å². The first kappa shape index (κ1) is 26.3. The van der Waals surface area contributed by atoms with Gasteiger partial charge < -0.3 is 10.1 Å². The minimum absolute atomic E-state index is 0.0566. The maximum Gasteiger partial charge on any atom is 0.243 e. The monoisotopic (exact) mass is 487 g/mol. The van der Waals surface area contributed by atoms with Gasteiger partial charge >= 0.3 is 0 Å². The van der Waals surface area contributed by atoms with E-state index in [1.54, 1.807) is 19.2 Å². The molecule has 2 aromatic carbocycles. The number of carbonyl (C=O) groups is 1. The number of nitrogens with zero attached hydrogens (tertiary/aromatic N) is 2. The lowest BCUT2D eigenvalue weighted by Gasteiger charge is -2.35. The molecular formula is C26H37N3O4S. The normalized spacial score (nSPS) is 15.9. The first-order valence-electron chi connectivity index (χ1n) is 12.1. The van der Waals surface area contributed by atoms with Crippen molar-refractivity contribution in [2.75, 3.05) is 46.4 Å². The van der Waals surface area contributed by atoms with Crippen LogP contribution in [0.25, 0.3) is 0 Å². The summed E-state index contributed by atoms with van der Waals surface area (Å²) in [6.07, 6.45) is 3.64. The Labute approximate surface area is 204 Å². The van der Waals surface area contributed by atoms with Gasteiger partial charge in [0.2, 0.25) is 10.0 Å². The van der Waals surface area contributed by atoms with Crippen molar-refractivity contribution in [2.24, 2.45) is 0 Å². The van der Waals surface area contributed by atoms with Crippen molar-refractivity contribution in [3.8, 4) is 5.75 Å². The third kappa shape index (κ3) is 6.44. The number of carbonyl (C=O) groups excluding carboxylic acids is 1. The summed E-state index contributed by atoms with van der Waals surface area (Å²) in [7, 11) is -1.87. The minimum atomic E-state index is -3.53. The average Bonchev–Trinajstić information content (AvgIpc) is 2.88. The molecule has 1 fully saturated rings. The predicted octanol–water partition coefficient (Wildman–Crippen LogP) is 3.73. The Hall–Kier alpha value is -2.26. The van der Waals surface area contributed by atoms with Crippen LogP contribution in [0.5, 0.6) is 5.75 Å². The van der Waals surface area contributed by atoms with Crippen molar-refractivity contribution in [3.05, 3.63) is 59.7 Å². The van der Waals surface area contributed by atoms with Crippen LogP contribution in [0.3, 0.4) is 0 Å². The van der Waals surface area contributed by atoms with E-state index >= 15 is 0 Å². The van der Waals surface area contributed by atoms with E-state index in [2.05, 4.69) is 22.3 Å². The molecule has 1 heterocycles. The third-order valence-electron chi connectivity index (χ3n) is 6.47. The fourth-order valence-corrected chi connectivity index (χ4v) is 5.92. The zero-order chi connectivity index (χ0) is 24.6. The first-order chi connectivity index (χ1) is 16.4. The van der Waals surface area contributed by atoms with Crippen LogP contribution >= 0.6 is 0 Å². The van der Waals surface area contributed by atoms with Gasteiger partial charge in [0, 0.05) is 31.2 Å². The van der Waals surface area contributed by atoms with E-state index in [4.69, 9.17) is 4.74 Å². The first-order valence-corrected chi connectivity index (χ1v) is 13.6. The molecular weight excluding hydrogens is 450 g/mol. The van der Waals surface area contributed by atoms with Gasteiger partial charge in [-0.1, -0.05) is 44.5 Å². The molecule has 1 aliphatic heterocycles. The maximum atomic E-state index is 12.8. The second-order valence-corrected chi connectivity index (χ2v) is 10.5. The zero-order valence-corrected chi connectivity index (χ0v) is 21.3. The Morgan fingerprint density at radius 3 is 2.18 bits per heavy atom. The largest absolute Gasteiger partial charge is 0.497 e. The average molecular weight is 488 g/mol. The molecule has 8 heteroatoms. The Morgan fingerprint density at radius 1 is 1.00 bits per heavy atom. The van der Waals surface area contributed by atoms with E-state index in [-0.39, 0.29) is 23.3 Å². The number of ketones is 1. The van der Waals surface area contributed by atoms with Gasteiger partial charge in [0.05, 0.1) is 18.6 Å². The van der Waals surface area contributed by atoms with Crippen LogP contribution in [0.1, 0.15) is 55.1 Å². The molecule has 0 amide bonds. The zero-order valence-electron chi connectivity index (χ0n) is 20.5. The molecule has 34 heavy (non-hydrogen) atoms. The van der Waals surface area contributed by atoms with Gasteiger partial charge in [-0.05, 0) is 55.8 Å². The molecule has 1 aliphatic rings. The van der Waals surface area contributed by atoms with Crippen LogP contribution in [-0.2, 0) is 10.0 Å². The molecule has 1 atom stereocenters. The highest BCUT2D eigenvalue weighted by Gasteiger charge is 2.23. The molecule has 0 bridgehead atoms. The van der Waals surface area contributed by atoms with Gasteiger partial charge in [0.1, 0.15) is 5.75 Å². The number of sulfonamides is 1. The van der Waals surface area contributed by atoms with E-state index in [1.165, 1.54) is 41.3 Å². The minimum Gasteiger partial charge on any atom is -0.497 e. The summed E-state index contributed by atoms with van der Waals surface area (Å²) in [5, 5.41) is 3.34. The molecule has 0 spiro atoms. The second kappa shape index (κ2) is 12.4. The van der Waals surface area contributed by atoms with Crippen LogP contribution in [0, 0.1) is 0 Å². The fraction of sp³-hybridized carbons (Fsp3) is 0.500. The van der Waals surface area contributed by atoms with Crippen LogP contribution in [-0.4, -0.2) is 69.8 Å². The Bertz CT molecular complexity index is 1010.